The summed E-state index contributed by atoms with van der Waals surface area (Å²) in [5, 5.41) is 1.99. The van der Waals surface area contributed by atoms with E-state index in [9.17, 15) is 0 Å². The Bertz CT molecular complexity index is 211. The van der Waals surface area contributed by atoms with E-state index in [-0.39, 0.29) is 6.04 Å². The second-order valence-electron chi connectivity index (χ2n) is 1.97. The molecule has 0 amide bonds. The van der Waals surface area contributed by atoms with Gasteiger partial charge in [-0.3, -0.25) is 0 Å². The van der Waals surface area contributed by atoms with E-state index < -0.39 is 0 Å². The van der Waals surface area contributed by atoms with E-state index in [0.29, 0.717) is 6.54 Å². The minimum Gasteiger partial charge on any atom is -0.329 e. The zero-order valence-corrected chi connectivity index (χ0v) is 7.78. The molecule has 0 aromatic carbocycles. The molecule has 0 bridgehead atoms. The predicted octanol–water partition coefficient (Wildman–Crippen LogP) is 1.47. The van der Waals surface area contributed by atoms with Crippen molar-refractivity contribution in [2.24, 2.45) is 11.5 Å². The molecule has 0 unspecified atom stereocenters. The van der Waals surface area contributed by atoms with Gasteiger partial charge in [-0.05, 0) is 27.4 Å². The number of thiophene rings is 1. The molecule has 10 heavy (non-hydrogen) atoms. The summed E-state index contributed by atoms with van der Waals surface area (Å²) in [6.45, 7) is 0.499. The van der Waals surface area contributed by atoms with Crippen LogP contribution in [0.2, 0.25) is 0 Å². The lowest BCUT2D eigenvalue weighted by molar-refractivity contribution is 0.749. The Morgan fingerprint density at radius 2 is 2.40 bits per heavy atom. The standard InChI is InChI=1S/C6H9BrN2S/c7-4-1-2-10-6(4)5(9)3-8/h1-2,5H,3,8-9H2/t5-/m1/s1. The summed E-state index contributed by atoms with van der Waals surface area (Å²) in [7, 11) is 0. The van der Waals surface area contributed by atoms with E-state index in [1.165, 1.54) is 0 Å². The molecule has 2 nitrogen and oxygen atoms in total. The minimum atomic E-state index is -0.0191. The van der Waals surface area contributed by atoms with Crippen LogP contribution in [0.3, 0.4) is 0 Å². The maximum atomic E-state index is 5.69. The molecule has 0 saturated carbocycles. The van der Waals surface area contributed by atoms with Gasteiger partial charge < -0.3 is 11.5 Å². The van der Waals surface area contributed by atoms with E-state index in [1.807, 2.05) is 11.4 Å². The molecule has 56 valence electrons. The third-order valence-corrected chi connectivity index (χ3v) is 3.24. The van der Waals surface area contributed by atoms with Crippen molar-refractivity contribution in [3.8, 4) is 0 Å². The van der Waals surface area contributed by atoms with Gasteiger partial charge in [-0.1, -0.05) is 0 Å². The molecule has 1 aromatic heterocycles. The van der Waals surface area contributed by atoms with Crippen molar-refractivity contribution in [3.05, 3.63) is 20.8 Å². The van der Waals surface area contributed by atoms with Gasteiger partial charge in [-0.2, -0.15) is 0 Å². The third-order valence-electron chi connectivity index (χ3n) is 1.24. The van der Waals surface area contributed by atoms with Crippen molar-refractivity contribution < 1.29 is 0 Å². The van der Waals surface area contributed by atoms with Crippen LogP contribution in [0.15, 0.2) is 15.9 Å². The number of rotatable bonds is 2. The van der Waals surface area contributed by atoms with Crippen LogP contribution in [0.1, 0.15) is 10.9 Å². The van der Waals surface area contributed by atoms with Crippen molar-refractivity contribution >= 4 is 27.3 Å². The molecule has 0 spiro atoms. The quantitative estimate of drug-likeness (QED) is 0.794. The molecule has 4 N–H and O–H groups in total. The summed E-state index contributed by atoms with van der Waals surface area (Å²) in [4.78, 5) is 1.13. The molecule has 0 aliphatic carbocycles. The highest BCUT2D eigenvalue weighted by Gasteiger charge is 2.07. The zero-order chi connectivity index (χ0) is 7.56. The molecular weight excluding hydrogens is 212 g/mol. The van der Waals surface area contributed by atoms with Crippen LogP contribution < -0.4 is 11.5 Å². The van der Waals surface area contributed by atoms with Gasteiger partial charge in [-0.15, -0.1) is 11.3 Å². The van der Waals surface area contributed by atoms with Gasteiger partial charge in [0.05, 0.1) is 6.04 Å². The van der Waals surface area contributed by atoms with Crippen LogP contribution >= 0.6 is 27.3 Å². The lowest BCUT2D eigenvalue weighted by Gasteiger charge is -2.05. The molecular formula is C6H9BrN2S. The van der Waals surface area contributed by atoms with Crippen LogP contribution in [-0.2, 0) is 0 Å². The lowest BCUT2D eigenvalue weighted by atomic mass is 10.3. The molecule has 1 heterocycles. The van der Waals surface area contributed by atoms with E-state index in [1.54, 1.807) is 11.3 Å². The van der Waals surface area contributed by atoms with Crippen molar-refractivity contribution in [3.63, 3.8) is 0 Å². The molecule has 0 aliphatic heterocycles. The maximum absolute atomic E-state index is 5.69. The largest absolute Gasteiger partial charge is 0.329 e. The fourth-order valence-electron chi connectivity index (χ4n) is 0.677. The SMILES string of the molecule is NC[C@@H](N)c1sccc1Br. The van der Waals surface area contributed by atoms with Gasteiger partial charge in [0.2, 0.25) is 0 Å². The van der Waals surface area contributed by atoms with Crippen LogP contribution in [-0.4, -0.2) is 6.54 Å². The molecule has 0 aliphatic rings. The Morgan fingerprint density at radius 1 is 1.70 bits per heavy atom. The van der Waals surface area contributed by atoms with Gasteiger partial charge in [0.25, 0.3) is 0 Å². The number of hydrogen-bond donors (Lipinski definition) is 2. The third kappa shape index (κ3) is 1.58. The Balaban J connectivity index is 2.82. The Kier molecular flexibility index (Phi) is 2.85. The highest BCUT2D eigenvalue weighted by atomic mass is 79.9. The summed E-state index contributed by atoms with van der Waals surface area (Å²) < 4.78 is 1.07. The Morgan fingerprint density at radius 3 is 2.80 bits per heavy atom. The second kappa shape index (κ2) is 3.48. The highest BCUT2D eigenvalue weighted by molar-refractivity contribution is 9.10. The van der Waals surface area contributed by atoms with Crippen LogP contribution in [0.25, 0.3) is 0 Å². The highest BCUT2D eigenvalue weighted by Crippen LogP contribution is 2.26. The summed E-state index contributed by atoms with van der Waals surface area (Å²) >= 11 is 5.01. The van der Waals surface area contributed by atoms with Crippen molar-refractivity contribution in [1.29, 1.82) is 0 Å². The van der Waals surface area contributed by atoms with E-state index in [0.717, 1.165) is 9.35 Å². The fourth-order valence-corrected chi connectivity index (χ4v) is 2.36. The number of hydrogen-bond acceptors (Lipinski definition) is 3. The van der Waals surface area contributed by atoms with E-state index >= 15 is 0 Å². The Hall–Kier alpha value is 0.100. The lowest BCUT2D eigenvalue weighted by Crippen LogP contribution is -2.19. The smallest absolute Gasteiger partial charge is 0.0525 e. The Labute approximate surface area is 72.3 Å². The van der Waals surface area contributed by atoms with Gasteiger partial charge >= 0.3 is 0 Å². The van der Waals surface area contributed by atoms with Crippen LogP contribution in [0.5, 0.6) is 0 Å². The number of nitrogens with two attached hydrogens (primary N) is 2. The van der Waals surface area contributed by atoms with Gasteiger partial charge in [0.15, 0.2) is 0 Å². The predicted molar refractivity (Wildman–Crippen MR) is 48.0 cm³/mol. The van der Waals surface area contributed by atoms with Crippen molar-refractivity contribution in [2.75, 3.05) is 6.54 Å². The molecule has 0 fully saturated rings. The fraction of sp³-hybridized carbons (Fsp3) is 0.333. The first-order valence-corrected chi connectivity index (χ1v) is 4.61. The molecule has 1 rings (SSSR count). The summed E-state index contributed by atoms with van der Waals surface area (Å²) in [5.41, 5.74) is 11.1. The van der Waals surface area contributed by atoms with E-state index in [4.69, 9.17) is 11.5 Å². The summed E-state index contributed by atoms with van der Waals surface area (Å²) in [6.07, 6.45) is 0. The average Bonchev–Trinajstić information content (AvgIpc) is 2.34. The normalized spacial score (nSPS) is 13.5. The molecule has 4 heteroatoms. The number of halogens is 1. The molecule has 1 atom stereocenters. The van der Waals surface area contributed by atoms with Crippen LogP contribution in [0.4, 0.5) is 0 Å². The average molecular weight is 221 g/mol. The zero-order valence-electron chi connectivity index (χ0n) is 5.38. The summed E-state index contributed by atoms with van der Waals surface area (Å²) in [5.74, 6) is 0. The second-order valence-corrected chi connectivity index (χ2v) is 3.78. The molecule has 0 saturated heterocycles. The van der Waals surface area contributed by atoms with Crippen molar-refractivity contribution in [1.82, 2.24) is 0 Å². The maximum Gasteiger partial charge on any atom is 0.0525 e. The van der Waals surface area contributed by atoms with E-state index in [2.05, 4.69) is 15.9 Å². The topological polar surface area (TPSA) is 52.0 Å². The molecule has 0 radical (unpaired) electrons. The minimum absolute atomic E-state index is 0.0191. The van der Waals surface area contributed by atoms with Gasteiger partial charge in [0.1, 0.15) is 0 Å². The monoisotopic (exact) mass is 220 g/mol. The van der Waals surface area contributed by atoms with Crippen LogP contribution in [0, 0.1) is 0 Å². The molecule has 1 aromatic rings. The summed E-state index contributed by atoms with van der Waals surface area (Å²) in [6, 6.07) is 1.96. The van der Waals surface area contributed by atoms with Gasteiger partial charge in [0, 0.05) is 15.9 Å². The van der Waals surface area contributed by atoms with Crippen molar-refractivity contribution in [2.45, 2.75) is 6.04 Å². The van der Waals surface area contributed by atoms with Gasteiger partial charge in [-0.25, -0.2) is 0 Å². The first-order valence-electron chi connectivity index (χ1n) is 2.94. The first-order chi connectivity index (χ1) is 4.75. The first kappa shape index (κ1) is 8.20.